The largest absolute Gasteiger partial charge is 0.482 e. The van der Waals surface area contributed by atoms with E-state index in [0.717, 1.165) is 10.8 Å². The number of nitrogens with zero attached hydrogens (tertiary/aromatic N) is 1. The maximum Gasteiger partial charge on any atom is 0.349 e. The molecule has 0 saturated carbocycles. The van der Waals surface area contributed by atoms with E-state index >= 15 is 0 Å². The molecular formula is C19H13NO3. The van der Waals surface area contributed by atoms with Gasteiger partial charge in [-0.2, -0.15) is 5.26 Å². The van der Waals surface area contributed by atoms with Crippen molar-refractivity contribution in [2.75, 3.05) is 6.61 Å². The van der Waals surface area contributed by atoms with Crippen molar-refractivity contribution in [3.05, 3.63) is 72.3 Å². The number of rotatable bonds is 4. The first-order valence-corrected chi connectivity index (χ1v) is 7.08. The second kappa shape index (κ2) is 6.63. The Morgan fingerprint density at radius 1 is 0.957 bits per heavy atom. The lowest BCUT2D eigenvalue weighted by Gasteiger charge is -2.08. The van der Waals surface area contributed by atoms with Gasteiger partial charge in [0.1, 0.15) is 17.6 Å². The summed E-state index contributed by atoms with van der Waals surface area (Å²) in [7, 11) is 0. The monoisotopic (exact) mass is 303 g/mol. The predicted molar refractivity (Wildman–Crippen MR) is 86.2 cm³/mol. The maximum atomic E-state index is 11.9. The van der Waals surface area contributed by atoms with E-state index in [2.05, 4.69) is 0 Å². The molecule has 0 heterocycles. The van der Waals surface area contributed by atoms with Gasteiger partial charge in [0.2, 0.25) is 0 Å². The lowest BCUT2D eigenvalue weighted by Crippen LogP contribution is -2.18. The molecule has 0 amide bonds. The number of hydrogen-bond acceptors (Lipinski definition) is 4. The van der Waals surface area contributed by atoms with Gasteiger partial charge in [0, 0.05) is 0 Å². The van der Waals surface area contributed by atoms with Crippen LogP contribution in [-0.2, 0) is 4.79 Å². The molecule has 0 aliphatic heterocycles. The van der Waals surface area contributed by atoms with Gasteiger partial charge in [-0.15, -0.1) is 0 Å². The van der Waals surface area contributed by atoms with Crippen molar-refractivity contribution in [3.8, 4) is 17.6 Å². The summed E-state index contributed by atoms with van der Waals surface area (Å²) in [5, 5.41) is 11.1. The van der Waals surface area contributed by atoms with E-state index in [1.807, 2.05) is 42.5 Å². The molecule has 0 spiro atoms. The van der Waals surface area contributed by atoms with Crippen LogP contribution in [-0.4, -0.2) is 12.6 Å². The van der Waals surface area contributed by atoms with Crippen molar-refractivity contribution in [2.45, 2.75) is 0 Å². The van der Waals surface area contributed by atoms with Gasteiger partial charge in [0.05, 0.1) is 5.56 Å². The summed E-state index contributed by atoms with van der Waals surface area (Å²) in [4.78, 5) is 11.9. The number of carbonyl (C=O) groups is 1. The zero-order valence-electron chi connectivity index (χ0n) is 12.2. The van der Waals surface area contributed by atoms with Gasteiger partial charge in [-0.1, -0.05) is 42.5 Å². The lowest BCUT2D eigenvalue weighted by atomic mass is 10.1. The average Bonchev–Trinajstić information content (AvgIpc) is 2.60. The fraction of sp³-hybridized carbons (Fsp3) is 0.0526. The third-order valence-electron chi connectivity index (χ3n) is 3.31. The van der Waals surface area contributed by atoms with E-state index < -0.39 is 5.97 Å². The Morgan fingerprint density at radius 2 is 1.70 bits per heavy atom. The summed E-state index contributed by atoms with van der Waals surface area (Å²) in [6.07, 6.45) is 0. The van der Waals surface area contributed by atoms with E-state index in [0.29, 0.717) is 11.3 Å². The Morgan fingerprint density at radius 3 is 2.52 bits per heavy atom. The molecule has 0 aliphatic carbocycles. The van der Waals surface area contributed by atoms with Gasteiger partial charge in [-0.05, 0) is 35.0 Å². The Balaban J connectivity index is 1.65. The van der Waals surface area contributed by atoms with Crippen molar-refractivity contribution >= 4 is 16.7 Å². The van der Waals surface area contributed by atoms with Crippen LogP contribution in [0.2, 0.25) is 0 Å². The normalized spacial score (nSPS) is 10.0. The molecule has 0 fully saturated rings. The molecule has 0 atom stereocenters. The molecule has 112 valence electrons. The van der Waals surface area contributed by atoms with E-state index in [1.165, 1.54) is 0 Å². The number of para-hydroxylation sites is 1. The SMILES string of the molecule is N#Cc1ccccc1OC(=O)COc1ccc2ccccc2c1. The van der Waals surface area contributed by atoms with E-state index in [4.69, 9.17) is 14.7 Å². The van der Waals surface area contributed by atoms with E-state index in [-0.39, 0.29) is 12.4 Å². The summed E-state index contributed by atoms with van der Waals surface area (Å²) in [6, 6.07) is 22.0. The van der Waals surface area contributed by atoms with Crippen molar-refractivity contribution in [1.29, 1.82) is 5.26 Å². The predicted octanol–water partition coefficient (Wildman–Crippen LogP) is 3.70. The van der Waals surface area contributed by atoms with Crippen LogP contribution in [0.3, 0.4) is 0 Å². The Bertz CT molecular complexity index is 896. The summed E-state index contributed by atoms with van der Waals surface area (Å²) in [6.45, 7) is -0.224. The first kappa shape index (κ1) is 14.6. The number of carbonyl (C=O) groups excluding carboxylic acids is 1. The lowest BCUT2D eigenvalue weighted by molar-refractivity contribution is -0.136. The van der Waals surface area contributed by atoms with Crippen LogP contribution >= 0.6 is 0 Å². The summed E-state index contributed by atoms with van der Waals surface area (Å²) >= 11 is 0. The van der Waals surface area contributed by atoms with Crippen molar-refractivity contribution in [1.82, 2.24) is 0 Å². The van der Waals surface area contributed by atoms with Gasteiger partial charge < -0.3 is 9.47 Å². The Hall–Kier alpha value is -3.32. The van der Waals surface area contributed by atoms with Gasteiger partial charge in [-0.3, -0.25) is 0 Å². The van der Waals surface area contributed by atoms with Crippen LogP contribution in [0.15, 0.2) is 66.7 Å². The minimum absolute atomic E-state index is 0.224. The number of benzene rings is 3. The van der Waals surface area contributed by atoms with Gasteiger partial charge in [0.25, 0.3) is 0 Å². The minimum atomic E-state index is -0.555. The van der Waals surface area contributed by atoms with Gasteiger partial charge in [-0.25, -0.2) is 4.79 Å². The van der Waals surface area contributed by atoms with Crippen molar-refractivity contribution in [2.24, 2.45) is 0 Å². The second-order valence-electron chi connectivity index (χ2n) is 4.88. The highest BCUT2D eigenvalue weighted by atomic mass is 16.6. The van der Waals surface area contributed by atoms with E-state index in [9.17, 15) is 4.79 Å². The first-order valence-electron chi connectivity index (χ1n) is 7.08. The van der Waals surface area contributed by atoms with Crippen LogP contribution < -0.4 is 9.47 Å². The molecule has 4 nitrogen and oxygen atoms in total. The smallest absolute Gasteiger partial charge is 0.349 e. The summed E-state index contributed by atoms with van der Waals surface area (Å²) < 4.78 is 10.6. The molecule has 0 N–H and O–H groups in total. The number of nitriles is 1. The van der Waals surface area contributed by atoms with Crippen LogP contribution in [0.4, 0.5) is 0 Å². The van der Waals surface area contributed by atoms with Gasteiger partial charge in [0.15, 0.2) is 6.61 Å². The molecule has 0 radical (unpaired) electrons. The number of ether oxygens (including phenoxy) is 2. The highest BCUT2D eigenvalue weighted by Gasteiger charge is 2.09. The molecular weight excluding hydrogens is 290 g/mol. The fourth-order valence-electron chi connectivity index (χ4n) is 2.20. The van der Waals surface area contributed by atoms with E-state index in [1.54, 1.807) is 30.3 Å². The number of hydrogen-bond donors (Lipinski definition) is 0. The van der Waals surface area contributed by atoms with Crippen LogP contribution in [0, 0.1) is 11.3 Å². The molecule has 3 aromatic carbocycles. The Labute approximate surface area is 133 Å². The molecule has 0 aliphatic rings. The number of fused-ring (bicyclic) bond motifs is 1. The standard InChI is InChI=1S/C19H13NO3/c20-12-16-7-3-4-8-18(16)23-19(21)13-22-17-10-9-14-5-1-2-6-15(14)11-17/h1-11H,13H2. The molecule has 3 aromatic rings. The quantitative estimate of drug-likeness (QED) is 0.545. The van der Waals surface area contributed by atoms with Crippen LogP contribution in [0.25, 0.3) is 10.8 Å². The molecule has 0 saturated heterocycles. The minimum Gasteiger partial charge on any atom is -0.482 e. The third kappa shape index (κ3) is 3.47. The number of esters is 1. The molecule has 0 bridgehead atoms. The van der Waals surface area contributed by atoms with Crippen LogP contribution in [0.5, 0.6) is 11.5 Å². The molecule has 23 heavy (non-hydrogen) atoms. The highest BCUT2D eigenvalue weighted by molar-refractivity contribution is 5.84. The second-order valence-corrected chi connectivity index (χ2v) is 4.88. The van der Waals surface area contributed by atoms with Crippen molar-refractivity contribution in [3.63, 3.8) is 0 Å². The van der Waals surface area contributed by atoms with Crippen LogP contribution in [0.1, 0.15) is 5.56 Å². The highest BCUT2D eigenvalue weighted by Crippen LogP contribution is 2.21. The average molecular weight is 303 g/mol. The topological polar surface area (TPSA) is 59.3 Å². The molecule has 0 unspecified atom stereocenters. The summed E-state index contributed by atoms with van der Waals surface area (Å²) in [5.41, 5.74) is 0.312. The van der Waals surface area contributed by atoms with Crippen molar-refractivity contribution < 1.29 is 14.3 Å². The molecule has 3 rings (SSSR count). The zero-order chi connectivity index (χ0) is 16.1. The fourth-order valence-corrected chi connectivity index (χ4v) is 2.20. The van der Waals surface area contributed by atoms with Gasteiger partial charge >= 0.3 is 5.97 Å². The first-order chi connectivity index (χ1) is 11.3. The zero-order valence-corrected chi connectivity index (χ0v) is 12.2. The molecule has 4 heteroatoms. The molecule has 0 aromatic heterocycles. The Kier molecular flexibility index (Phi) is 4.21. The third-order valence-corrected chi connectivity index (χ3v) is 3.31. The summed E-state index contributed by atoms with van der Waals surface area (Å²) in [5.74, 6) is 0.275. The maximum absolute atomic E-state index is 11.9.